The highest BCUT2D eigenvalue weighted by Crippen LogP contribution is 2.30. The monoisotopic (exact) mass is 1130 g/mol. The molecule has 0 aliphatic heterocycles. The van der Waals surface area contributed by atoms with Crippen molar-refractivity contribution in [2.45, 2.75) is 244 Å². The van der Waals surface area contributed by atoms with Gasteiger partial charge in [0.15, 0.2) is 0 Å². The summed E-state index contributed by atoms with van der Waals surface area (Å²) in [7, 11) is 3.95. The van der Waals surface area contributed by atoms with Gasteiger partial charge in [-0.05, 0) is 121 Å². The molecule has 16 heteroatoms. The molecule has 0 fully saturated rings. The van der Waals surface area contributed by atoms with Gasteiger partial charge in [-0.3, -0.25) is 33.6 Å². The number of ether oxygens (including phenoxy) is 6. The number of unbranched alkanes of at least 4 members (excludes halogenated alkanes) is 12. The molecule has 1 amide bonds. The standard InChI is InChI=1S/C62H114N2O13S/c1-15-19-23-27-36-59(5,6)54(67)74-46-50(47-75-55(68)60(7,8)37-28-24-20-16-2)44-72-52(65)34-31-41-64(58(71)78-43-33-40-63(13)14)42-32-35-53(66)73-45-51(48-76-56(69)61(9,10)38-29-25-21-17-3)49-77-57(70)62(11,12)39-30-26-22-18-4/h50-51H,15-49H2,1-14H3. The summed E-state index contributed by atoms with van der Waals surface area (Å²) in [5.41, 5.74) is -2.80. The highest BCUT2D eigenvalue weighted by Gasteiger charge is 2.34. The number of amides is 1. The Morgan fingerprint density at radius 1 is 0.372 bits per heavy atom. The maximum absolute atomic E-state index is 13.6. The number of carbonyl (C=O) groups is 7. The van der Waals surface area contributed by atoms with Crippen molar-refractivity contribution in [2.24, 2.45) is 33.5 Å². The molecule has 456 valence electrons. The van der Waals surface area contributed by atoms with Crippen LogP contribution in [0.2, 0.25) is 0 Å². The van der Waals surface area contributed by atoms with Crippen LogP contribution in [0.4, 0.5) is 4.79 Å². The summed E-state index contributed by atoms with van der Waals surface area (Å²) in [4.78, 5) is 96.9. The van der Waals surface area contributed by atoms with Crippen molar-refractivity contribution in [1.29, 1.82) is 0 Å². The molecule has 0 unspecified atom stereocenters. The zero-order valence-electron chi connectivity index (χ0n) is 52.0. The number of hydrogen-bond acceptors (Lipinski definition) is 15. The third-order valence-electron chi connectivity index (χ3n) is 14.4. The Balaban J connectivity index is 5.87. The van der Waals surface area contributed by atoms with Crippen molar-refractivity contribution >= 4 is 52.8 Å². The molecule has 0 atom stereocenters. The maximum Gasteiger partial charge on any atom is 0.311 e. The van der Waals surface area contributed by atoms with Gasteiger partial charge in [0.25, 0.3) is 5.24 Å². The number of nitrogens with zero attached hydrogens (tertiary/aromatic N) is 2. The quantitative estimate of drug-likeness (QED) is 0.0318. The number of carbonyl (C=O) groups excluding carboxylic acids is 7. The summed E-state index contributed by atoms with van der Waals surface area (Å²) in [5.74, 6) is -2.98. The topological polar surface area (TPSA) is 181 Å². The Morgan fingerprint density at radius 2 is 0.654 bits per heavy atom. The first kappa shape index (κ1) is 74.6. The van der Waals surface area contributed by atoms with Crippen molar-refractivity contribution in [3.8, 4) is 0 Å². The maximum atomic E-state index is 13.6. The van der Waals surface area contributed by atoms with E-state index in [2.05, 4.69) is 32.6 Å². The van der Waals surface area contributed by atoms with E-state index in [4.69, 9.17) is 28.4 Å². The normalized spacial score (nSPS) is 12.2. The first-order valence-corrected chi connectivity index (χ1v) is 31.3. The third-order valence-corrected chi connectivity index (χ3v) is 15.4. The number of hydrogen-bond donors (Lipinski definition) is 0. The van der Waals surface area contributed by atoms with E-state index in [1.54, 1.807) is 4.90 Å². The van der Waals surface area contributed by atoms with E-state index in [1.807, 2.05) is 69.5 Å². The van der Waals surface area contributed by atoms with Gasteiger partial charge in [0.1, 0.15) is 39.6 Å². The van der Waals surface area contributed by atoms with Gasteiger partial charge in [-0.15, -0.1) is 0 Å². The number of thioether (sulfide) groups is 1. The second kappa shape index (κ2) is 42.4. The summed E-state index contributed by atoms with van der Waals surface area (Å²) in [6.45, 7) is 24.3. The molecule has 0 heterocycles. The van der Waals surface area contributed by atoms with Crippen LogP contribution in [0, 0.1) is 33.5 Å². The molecule has 15 nitrogen and oxygen atoms in total. The first-order chi connectivity index (χ1) is 36.8. The lowest BCUT2D eigenvalue weighted by molar-refractivity contribution is -0.164. The second-order valence-corrected chi connectivity index (χ2v) is 25.8. The highest BCUT2D eigenvalue weighted by atomic mass is 32.2. The van der Waals surface area contributed by atoms with Crippen LogP contribution in [0.15, 0.2) is 0 Å². The molecule has 0 saturated carbocycles. The minimum absolute atomic E-state index is 0.00160. The van der Waals surface area contributed by atoms with E-state index in [0.29, 0.717) is 44.3 Å². The fourth-order valence-electron chi connectivity index (χ4n) is 8.55. The molecule has 0 saturated heterocycles. The third kappa shape index (κ3) is 36.1. The van der Waals surface area contributed by atoms with Crippen molar-refractivity contribution in [3.63, 3.8) is 0 Å². The summed E-state index contributed by atoms with van der Waals surface area (Å²) in [5, 5.41) is -0.161. The van der Waals surface area contributed by atoms with Crippen LogP contribution in [-0.4, -0.2) is 130 Å². The molecule has 0 aromatic rings. The van der Waals surface area contributed by atoms with Gasteiger partial charge in [0.05, 0.1) is 33.5 Å². The average molecular weight is 1130 g/mol. The molecular weight excluding hydrogens is 1010 g/mol. The molecule has 0 bridgehead atoms. The minimum atomic E-state index is -0.700. The molecule has 0 rings (SSSR count). The van der Waals surface area contributed by atoms with Gasteiger partial charge in [-0.25, -0.2) is 0 Å². The average Bonchev–Trinajstić information content (AvgIpc) is 3.38. The lowest BCUT2D eigenvalue weighted by Gasteiger charge is -2.26. The lowest BCUT2D eigenvalue weighted by atomic mass is 9.87. The first-order valence-electron chi connectivity index (χ1n) is 30.3. The summed E-state index contributed by atoms with van der Waals surface area (Å²) < 4.78 is 34.6. The predicted molar refractivity (Wildman–Crippen MR) is 314 cm³/mol. The van der Waals surface area contributed by atoms with Crippen LogP contribution < -0.4 is 0 Å². The van der Waals surface area contributed by atoms with E-state index in [-0.39, 0.29) is 94.7 Å². The smallest absolute Gasteiger partial charge is 0.311 e. The Kier molecular flexibility index (Phi) is 40.6. The molecule has 0 radical (unpaired) electrons. The van der Waals surface area contributed by atoms with Gasteiger partial charge >= 0.3 is 35.8 Å². The number of rotatable bonds is 48. The van der Waals surface area contributed by atoms with E-state index in [9.17, 15) is 33.6 Å². The largest absolute Gasteiger partial charge is 0.465 e. The second-order valence-electron chi connectivity index (χ2n) is 24.7. The Labute approximate surface area is 478 Å². The van der Waals surface area contributed by atoms with Crippen LogP contribution in [-0.2, 0) is 57.2 Å². The van der Waals surface area contributed by atoms with Crippen LogP contribution in [0.1, 0.15) is 244 Å². The van der Waals surface area contributed by atoms with E-state index in [1.165, 1.54) is 11.8 Å². The highest BCUT2D eigenvalue weighted by molar-refractivity contribution is 8.13. The summed E-state index contributed by atoms with van der Waals surface area (Å²) in [6, 6.07) is 0. The summed E-state index contributed by atoms with van der Waals surface area (Å²) in [6.07, 6.45) is 20.7. The Hall–Kier alpha value is -3.40. The minimum Gasteiger partial charge on any atom is -0.465 e. The van der Waals surface area contributed by atoms with Gasteiger partial charge in [0, 0.05) is 31.7 Å². The van der Waals surface area contributed by atoms with Gasteiger partial charge in [0.2, 0.25) is 0 Å². The van der Waals surface area contributed by atoms with Crippen molar-refractivity contribution in [1.82, 2.24) is 9.80 Å². The van der Waals surface area contributed by atoms with Crippen molar-refractivity contribution < 1.29 is 62.0 Å². The van der Waals surface area contributed by atoms with E-state index < -0.39 is 45.4 Å². The Morgan fingerprint density at radius 3 is 0.923 bits per heavy atom. The fourth-order valence-corrected chi connectivity index (χ4v) is 9.36. The zero-order chi connectivity index (χ0) is 59.0. The van der Waals surface area contributed by atoms with Crippen LogP contribution >= 0.6 is 11.8 Å². The van der Waals surface area contributed by atoms with Crippen LogP contribution in [0.5, 0.6) is 0 Å². The van der Waals surface area contributed by atoms with Crippen LogP contribution in [0.3, 0.4) is 0 Å². The number of esters is 6. The molecule has 0 aromatic heterocycles. The van der Waals surface area contributed by atoms with E-state index in [0.717, 1.165) is 116 Å². The molecule has 0 spiro atoms. The summed E-state index contributed by atoms with van der Waals surface area (Å²) >= 11 is 1.20. The molecule has 0 N–H and O–H groups in total. The lowest BCUT2D eigenvalue weighted by Crippen LogP contribution is -2.34. The van der Waals surface area contributed by atoms with Crippen molar-refractivity contribution in [2.75, 3.05) is 79.1 Å². The van der Waals surface area contributed by atoms with Gasteiger partial charge in [-0.1, -0.05) is 142 Å². The predicted octanol–water partition coefficient (Wildman–Crippen LogP) is 14.1. The molecule has 0 aliphatic carbocycles. The van der Waals surface area contributed by atoms with Crippen LogP contribution in [0.25, 0.3) is 0 Å². The fraction of sp³-hybridized carbons (Fsp3) is 0.887. The Bertz CT molecular complexity index is 1500. The molecule has 0 aliphatic rings. The van der Waals surface area contributed by atoms with E-state index >= 15 is 0 Å². The van der Waals surface area contributed by atoms with Gasteiger partial charge < -0.3 is 38.2 Å². The van der Waals surface area contributed by atoms with Crippen molar-refractivity contribution in [3.05, 3.63) is 0 Å². The molecular formula is C62H114N2O13S. The molecule has 78 heavy (non-hydrogen) atoms. The zero-order valence-corrected chi connectivity index (χ0v) is 52.8. The molecule has 0 aromatic carbocycles. The SMILES string of the molecule is CCCCCCC(C)(C)C(=O)OCC(COC(=O)CCCN(CCCC(=O)OCC(COC(=O)C(C)(C)CCCCCC)COC(=O)C(C)(C)CCCCCC)C(=O)SCCCN(C)C)COC(=O)C(C)(C)CCCCCC. The van der Waals surface area contributed by atoms with Gasteiger partial charge in [-0.2, -0.15) is 0 Å².